The van der Waals surface area contributed by atoms with Crippen LogP contribution >= 0.6 is 23.2 Å². The van der Waals surface area contributed by atoms with Crippen molar-refractivity contribution in [2.45, 2.75) is 13.0 Å². The van der Waals surface area contributed by atoms with Crippen LogP contribution in [0, 0.1) is 0 Å². The molecule has 0 saturated carbocycles. The lowest BCUT2D eigenvalue weighted by atomic mass is 9.98. The highest BCUT2D eigenvalue weighted by molar-refractivity contribution is 6.42. The number of rotatable bonds is 5. The van der Waals surface area contributed by atoms with Crippen molar-refractivity contribution in [3.8, 4) is 5.75 Å². The molecule has 4 heteroatoms. The lowest BCUT2D eigenvalue weighted by molar-refractivity contribution is 0.413. The first kappa shape index (κ1) is 15.2. The van der Waals surface area contributed by atoms with Gasteiger partial charge in [0, 0.05) is 0 Å². The standard InChI is InChI=1S/C16H17Cl2NO/c1-3-19-16(11-6-4-7-12(10-11)20-2)13-8-5-9-14(17)15(13)18/h4-10,16,19H,3H2,1-2H3. The zero-order valence-electron chi connectivity index (χ0n) is 11.5. The number of halogens is 2. The van der Waals surface area contributed by atoms with Crippen molar-refractivity contribution in [2.24, 2.45) is 0 Å². The van der Waals surface area contributed by atoms with E-state index in [2.05, 4.69) is 12.2 Å². The molecule has 20 heavy (non-hydrogen) atoms. The maximum atomic E-state index is 6.34. The Morgan fingerprint density at radius 1 is 1.15 bits per heavy atom. The number of nitrogens with one attached hydrogen (secondary N) is 1. The van der Waals surface area contributed by atoms with Gasteiger partial charge < -0.3 is 10.1 Å². The zero-order valence-corrected chi connectivity index (χ0v) is 13.0. The van der Waals surface area contributed by atoms with Crippen LogP contribution in [-0.4, -0.2) is 13.7 Å². The van der Waals surface area contributed by atoms with Gasteiger partial charge in [0.2, 0.25) is 0 Å². The van der Waals surface area contributed by atoms with Gasteiger partial charge in [0.25, 0.3) is 0 Å². The van der Waals surface area contributed by atoms with E-state index in [9.17, 15) is 0 Å². The van der Waals surface area contributed by atoms with Crippen LogP contribution in [0.4, 0.5) is 0 Å². The highest BCUT2D eigenvalue weighted by atomic mass is 35.5. The summed E-state index contributed by atoms with van der Waals surface area (Å²) >= 11 is 12.5. The molecule has 0 amide bonds. The molecule has 2 aromatic carbocycles. The molecule has 0 fully saturated rings. The van der Waals surface area contributed by atoms with Crippen LogP contribution in [0.5, 0.6) is 5.75 Å². The Morgan fingerprint density at radius 2 is 1.90 bits per heavy atom. The molecule has 0 aromatic heterocycles. The monoisotopic (exact) mass is 309 g/mol. The minimum absolute atomic E-state index is 0.0127. The van der Waals surface area contributed by atoms with E-state index in [0.29, 0.717) is 10.0 Å². The summed E-state index contributed by atoms with van der Waals surface area (Å²) in [4.78, 5) is 0. The lowest BCUT2D eigenvalue weighted by Crippen LogP contribution is -2.22. The van der Waals surface area contributed by atoms with Gasteiger partial charge in [0.1, 0.15) is 5.75 Å². The summed E-state index contributed by atoms with van der Waals surface area (Å²) in [6.45, 7) is 2.89. The molecule has 0 aliphatic carbocycles. The number of hydrogen-bond donors (Lipinski definition) is 1. The van der Waals surface area contributed by atoms with Crippen LogP contribution in [0.15, 0.2) is 42.5 Å². The van der Waals surface area contributed by atoms with Crippen molar-refractivity contribution < 1.29 is 4.74 Å². The molecule has 2 aromatic rings. The molecule has 2 nitrogen and oxygen atoms in total. The second-order valence-corrected chi connectivity index (χ2v) is 5.20. The van der Waals surface area contributed by atoms with Crippen molar-refractivity contribution in [3.63, 3.8) is 0 Å². The average Bonchev–Trinajstić information content (AvgIpc) is 2.48. The van der Waals surface area contributed by atoms with Gasteiger partial charge in [-0.3, -0.25) is 0 Å². The molecule has 0 saturated heterocycles. The highest BCUT2D eigenvalue weighted by Gasteiger charge is 2.17. The molecule has 1 N–H and O–H groups in total. The Bertz CT molecular complexity index is 586. The molecule has 0 radical (unpaired) electrons. The van der Waals surface area contributed by atoms with Gasteiger partial charge in [0.05, 0.1) is 23.2 Å². The summed E-state index contributed by atoms with van der Waals surface area (Å²) in [5, 5.41) is 4.59. The third kappa shape index (κ3) is 3.26. The summed E-state index contributed by atoms with van der Waals surface area (Å²) in [5.74, 6) is 0.823. The van der Waals surface area contributed by atoms with Crippen LogP contribution < -0.4 is 10.1 Å². The number of methoxy groups -OCH3 is 1. The van der Waals surface area contributed by atoms with Gasteiger partial charge in [0.15, 0.2) is 0 Å². The molecule has 0 aliphatic heterocycles. The number of benzene rings is 2. The molecule has 0 spiro atoms. The maximum absolute atomic E-state index is 6.34. The predicted octanol–water partition coefficient (Wildman–Crippen LogP) is 4.70. The maximum Gasteiger partial charge on any atom is 0.119 e. The van der Waals surface area contributed by atoms with Gasteiger partial charge in [-0.25, -0.2) is 0 Å². The van der Waals surface area contributed by atoms with E-state index in [-0.39, 0.29) is 6.04 Å². The summed E-state index contributed by atoms with van der Waals surface area (Å²) < 4.78 is 5.29. The first-order chi connectivity index (χ1) is 9.67. The van der Waals surface area contributed by atoms with Crippen molar-refractivity contribution in [1.82, 2.24) is 5.32 Å². The second kappa shape index (κ2) is 6.98. The van der Waals surface area contributed by atoms with E-state index in [1.807, 2.05) is 36.4 Å². The molecule has 0 heterocycles. The van der Waals surface area contributed by atoms with Crippen molar-refractivity contribution >= 4 is 23.2 Å². The fourth-order valence-corrected chi connectivity index (χ4v) is 2.59. The van der Waals surface area contributed by atoms with E-state index in [1.165, 1.54) is 0 Å². The van der Waals surface area contributed by atoms with Crippen LogP contribution in [0.3, 0.4) is 0 Å². The van der Waals surface area contributed by atoms with E-state index in [1.54, 1.807) is 13.2 Å². The summed E-state index contributed by atoms with van der Waals surface area (Å²) in [7, 11) is 1.66. The quantitative estimate of drug-likeness (QED) is 0.864. The third-order valence-corrected chi connectivity index (χ3v) is 3.96. The Labute approximate surface area is 129 Å². The van der Waals surface area contributed by atoms with Crippen LogP contribution in [0.2, 0.25) is 10.0 Å². The Balaban J connectivity index is 2.47. The molecular formula is C16H17Cl2NO. The van der Waals surface area contributed by atoms with Crippen molar-refractivity contribution in [3.05, 3.63) is 63.6 Å². The van der Waals surface area contributed by atoms with E-state index in [4.69, 9.17) is 27.9 Å². The fraction of sp³-hybridized carbons (Fsp3) is 0.250. The fourth-order valence-electron chi connectivity index (χ4n) is 2.18. The zero-order chi connectivity index (χ0) is 14.5. The molecule has 1 unspecified atom stereocenters. The lowest BCUT2D eigenvalue weighted by Gasteiger charge is -2.21. The molecule has 2 rings (SSSR count). The molecule has 0 bridgehead atoms. The van der Waals surface area contributed by atoms with Crippen LogP contribution in [-0.2, 0) is 0 Å². The minimum Gasteiger partial charge on any atom is -0.497 e. The normalized spacial score (nSPS) is 12.2. The number of ether oxygens (including phenoxy) is 1. The Morgan fingerprint density at radius 3 is 2.60 bits per heavy atom. The molecule has 0 aliphatic rings. The Hall–Kier alpha value is -1.22. The van der Waals surface area contributed by atoms with Gasteiger partial charge in [-0.05, 0) is 35.9 Å². The summed E-state index contributed by atoms with van der Waals surface area (Å²) in [6, 6.07) is 13.6. The van der Waals surface area contributed by atoms with Crippen LogP contribution in [0.25, 0.3) is 0 Å². The first-order valence-electron chi connectivity index (χ1n) is 6.48. The largest absolute Gasteiger partial charge is 0.497 e. The topological polar surface area (TPSA) is 21.3 Å². The van der Waals surface area contributed by atoms with Crippen molar-refractivity contribution in [2.75, 3.05) is 13.7 Å². The van der Waals surface area contributed by atoms with Crippen LogP contribution in [0.1, 0.15) is 24.1 Å². The molecular weight excluding hydrogens is 293 g/mol. The third-order valence-electron chi connectivity index (χ3n) is 3.13. The summed E-state index contributed by atoms with van der Waals surface area (Å²) in [6.07, 6.45) is 0. The molecule has 106 valence electrons. The van der Waals surface area contributed by atoms with Gasteiger partial charge >= 0.3 is 0 Å². The Kier molecular flexibility index (Phi) is 5.30. The average molecular weight is 310 g/mol. The molecule has 1 atom stereocenters. The second-order valence-electron chi connectivity index (χ2n) is 4.41. The van der Waals surface area contributed by atoms with Gasteiger partial charge in [-0.1, -0.05) is 54.4 Å². The van der Waals surface area contributed by atoms with Gasteiger partial charge in [-0.2, -0.15) is 0 Å². The minimum atomic E-state index is -0.0127. The van der Waals surface area contributed by atoms with Gasteiger partial charge in [-0.15, -0.1) is 0 Å². The van der Waals surface area contributed by atoms with E-state index < -0.39 is 0 Å². The number of hydrogen-bond acceptors (Lipinski definition) is 2. The van der Waals surface area contributed by atoms with E-state index in [0.717, 1.165) is 23.4 Å². The summed E-state index contributed by atoms with van der Waals surface area (Å²) in [5.41, 5.74) is 2.06. The smallest absolute Gasteiger partial charge is 0.119 e. The highest BCUT2D eigenvalue weighted by Crippen LogP contribution is 2.34. The first-order valence-corrected chi connectivity index (χ1v) is 7.24. The predicted molar refractivity (Wildman–Crippen MR) is 85.0 cm³/mol. The SMILES string of the molecule is CCNC(c1cccc(OC)c1)c1cccc(Cl)c1Cl. The van der Waals surface area contributed by atoms with Crippen molar-refractivity contribution in [1.29, 1.82) is 0 Å². The van der Waals surface area contributed by atoms with E-state index >= 15 is 0 Å².